The molecule has 0 fully saturated rings. The van der Waals surface area contributed by atoms with E-state index in [2.05, 4.69) is 15.0 Å². The summed E-state index contributed by atoms with van der Waals surface area (Å²) < 4.78 is 0. The van der Waals surface area contributed by atoms with Crippen molar-refractivity contribution in [3.63, 3.8) is 0 Å². The highest BCUT2D eigenvalue weighted by atomic mass is 35.5. The second-order valence-electron chi connectivity index (χ2n) is 5.02. The second-order valence-corrected chi connectivity index (χ2v) is 5.83. The van der Waals surface area contributed by atoms with Crippen molar-refractivity contribution in [2.75, 3.05) is 11.4 Å². The van der Waals surface area contributed by atoms with Crippen LogP contribution in [-0.4, -0.2) is 35.0 Å². The Morgan fingerprint density at radius 2 is 2.00 bits per heavy atom. The Labute approximate surface area is 153 Å². The number of aromatic hydroxyl groups is 1. The first-order chi connectivity index (χ1) is 12.1. The van der Waals surface area contributed by atoms with Crippen LogP contribution in [0.4, 0.5) is 5.69 Å². The van der Waals surface area contributed by atoms with E-state index in [1.165, 1.54) is 24.7 Å². The van der Waals surface area contributed by atoms with Gasteiger partial charge in [-0.25, -0.2) is 4.99 Å². The van der Waals surface area contributed by atoms with E-state index in [4.69, 9.17) is 23.2 Å². The van der Waals surface area contributed by atoms with E-state index in [-0.39, 0.29) is 17.1 Å². The van der Waals surface area contributed by atoms with Gasteiger partial charge < -0.3 is 10.0 Å². The molecule has 3 rings (SSSR count). The Morgan fingerprint density at radius 1 is 1.24 bits per heavy atom. The molecule has 0 spiro atoms. The van der Waals surface area contributed by atoms with Crippen LogP contribution in [0.15, 0.2) is 58.4 Å². The van der Waals surface area contributed by atoms with E-state index in [1.807, 2.05) is 0 Å². The summed E-state index contributed by atoms with van der Waals surface area (Å²) in [7, 11) is 0. The Bertz CT molecular complexity index is 889. The fraction of sp³-hybridized carbons (Fsp3) is 0.0588. The lowest BCUT2D eigenvalue weighted by atomic mass is 10.2. The monoisotopic (exact) mass is 374 g/mol. The van der Waals surface area contributed by atoms with Crippen LogP contribution in [0.25, 0.3) is 0 Å². The Hall–Kier alpha value is -2.70. The van der Waals surface area contributed by atoms with Crippen LogP contribution >= 0.6 is 23.2 Å². The lowest BCUT2D eigenvalue weighted by Crippen LogP contribution is -2.24. The van der Waals surface area contributed by atoms with Crippen molar-refractivity contribution < 1.29 is 9.90 Å². The number of pyridine rings is 1. The first kappa shape index (κ1) is 17.1. The number of carbonyl (C=O) groups is 1. The lowest BCUT2D eigenvalue weighted by Gasteiger charge is -2.23. The maximum Gasteiger partial charge on any atom is 0.297 e. The average molecular weight is 375 g/mol. The number of carbonyl (C=O) groups excluding carboxylic acids is 1. The highest BCUT2D eigenvalue weighted by Crippen LogP contribution is 2.34. The summed E-state index contributed by atoms with van der Waals surface area (Å²) in [5, 5.41) is 10.6. The molecule has 1 aliphatic heterocycles. The standard InChI is InChI=1S/C17H12Cl2N4O2/c18-11-3-1-4-12(19)16(11)23-8-7-21-14(10-23)17(25)22-9-13-15(24)5-2-6-20-13/h1-7,9-10,24H,8H2. The van der Waals surface area contributed by atoms with Crippen LogP contribution in [0.5, 0.6) is 5.75 Å². The predicted octanol–water partition coefficient (Wildman–Crippen LogP) is 3.47. The van der Waals surface area contributed by atoms with Crippen LogP contribution in [-0.2, 0) is 4.79 Å². The molecule has 2 heterocycles. The topological polar surface area (TPSA) is 78.1 Å². The number of rotatable bonds is 3. The van der Waals surface area contributed by atoms with E-state index < -0.39 is 5.91 Å². The van der Waals surface area contributed by atoms with Crippen LogP contribution in [0, 0.1) is 0 Å². The van der Waals surface area contributed by atoms with Gasteiger partial charge >= 0.3 is 0 Å². The quantitative estimate of drug-likeness (QED) is 0.834. The molecule has 1 aliphatic rings. The number of halogens is 2. The molecule has 1 amide bonds. The minimum atomic E-state index is -0.575. The van der Waals surface area contributed by atoms with Crippen molar-refractivity contribution in [1.29, 1.82) is 0 Å². The third-order valence-electron chi connectivity index (χ3n) is 3.35. The smallest absolute Gasteiger partial charge is 0.297 e. The first-order valence-corrected chi connectivity index (χ1v) is 7.99. The van der Waals surface area contributed by atoms with Gasteiger partial charge in [-0.3, -0.25) is 14.8 Å². The molecule has 1 N–H and O–H groups in total. The van der Waals surface area contributed by atoms with Crippen molar-refractivity contribution in [1.82, 2.24) is 4.98 Å². The fourth-order valence-electron chi connectivity index (χ4n) is 2.18. The molecular formula is C17H12Cl2N4O2. The van der Waals surface area contributed by atoms with E-state index in [9.17, 15) is 9.90 Å². The van der Waals surface area contributed by atoms with E-state index >= 15 is 0 Å². The van der Waals surface area contributed by atoms with Gasteiger partial charge in [-0.15, -0.1) is 0 Å². The zero-order chi connectivity index (χ0) is 17.8. The molecule has 25 heavy (non-hydrogen) atoms. The zero-order valence-electron chi connectivity index (χ0n) is 12.8. The van der Waals surface area contributed by atoms with Gasteiger partial charge in [0.15, 0.2) is 0 Å². The second kappa shape index (κ2) is 7.46. The number of hydrogen-bond acceptors (Lipinski definition) is 5. The van der Waals surface area contributed by atoms with E-state index in [1.54, 1.807) is 35.4 Å². The summed E-state index contributed by atoms with van der Waals surface area (Å²) in [4.78, 5) is 25.7. The van der Waals surface area contributed by atoms with Crippen molar-refractivity contribution in [3.05, 3.63) is 64.2 Å². The Morgan fingerprint density at radius 3 is 2.72 bits per heavy atom. The van der Waals surface area contributed by atoms with Crippen molar-refractivity contribution in [3.8, 4) is 5.75 Å². The van der Waals surface area contributed by atoms with Gasteiger partial charge in [0.05, 0.1) is 28.5 Å². The summed E-state index contributed by atoms with van der Waals surface area (Å²) in [6.45, 7) is 0.422. The number of para-hydroxylation sites is 1. The van der Waals surface area contributed by atoms with Crippen LogP contribution in [0.3, 0.4) is 0 Å². The van der Waals surface area contributed by atoms with Gasteiger partial charge in [0.1, 0.15) is 17.1 Å². The maximum absolute atomic E-state index is 12.2. The summed E-state index contributed by atoms with van der Waals surface area (Å²) in [6, 6.07) is 8.20. The highest BCUT2D eigenvalue weighted by molar-refractivity contribution is 6.39. The number of aromatic nitrogens is 1. The number of nitrogens with zero attached hydrogens (tertiary/aromatic N) is 4. The zero-order valence-corrected chi connectivity index (χ0v) is 14.3. The highest BCUT2D eigenvalue weighted by Gasteiger charge is 2.18. The van der Waals surface area contributed by atoms with Gasteiger partial charge in [-0.2, -0.15) is 0 Å². The Kier molecular flexibility index (Phi) is 5.11. The number of aliphatic imine (C=N–C) groups is 2. The summed E-state index contributed by atoms with van der Waals surface area (Å²) in [5.74, 6) is -0.640. The molecule has 1 aromatic carbocycles. The van der Waals surface area contributed by atoms with Crippen molar-refractivity contribution >= 4 is 47.2 Å². The summed E-state index contributed by atoms with van der Waals surface area (Å²) in [6.07, 6.45) is 5.78. The van der Waals surface area contributed by atoms with Crippen molar-refractivity contribution in [2.45, 2.75) is 0 Å². The molecule has 6 nitrogen and oxygen atoms in total. The number of amides is 1. The van der Waals surface area contributed by atoms with Crippen molar-refractivity contribution in [2.24, 2.45) is 9.98 Å². The average Bonchev–Trinajstić information content (AvgIpc) is 2.61. The molecule has 0 atom stereocenters. The van der Waals surface area contributed by atoms with Gasteiger partial charge in [-0.05, 0) is 24.3 Å². The van der Waals surface area contributed by atoms with E-state index in [0.29, 0.717) is 22.3 Å². The molecule has 0 saturated carbocycles. The predicted molar refractivity (Wildman–Crippen MR) is 98.9 cm³/mol. The lowest BCUT2D eigenvalue weighted by molar-refractivity contribution is -0.114. The minimum absolute atomic E-state index is 0.0651. The van der Waals surface area contributed by atoms with Crippen LogP contribution in [0.2, 0.25) is 10.0 Å². The number of benzene rings is 1. The fourth-order valence-corrected chi connectivity index (χ4v) is 2.80. The largest absolute Gasteiger partial charge is 0.506 e. The third kappa shape index (κ3) is 3.87. The van der Waals surface area contributed by atoms with Gasteiger partial charge in [0.25, 0.3) is 5.91 Å². The minimum Gasteiger partial charge on any atom is -0.506 e. The van der Waals surface area contributed by atoms with Gasteiger partial charge in [0, 0.05) is 18.6 Å². The molecule has 126 valence electrons. The molecule has 0 bridgehead atoms. The molecule has 0 saturated heterocycles. The molecule has 0 unspecified atom stereocenters. The molecular weight excluding hydrogens is 363 g/mol. The molecule has 0 aliphatic carbocycles. The summed E-state index contributed by atoms with van der Waals surface area (Å²) in [5.41, 5.74) is 0.907. The first-order valence-electron chi connectivity index (χ1n) is 7.23. The normalized spacial score (nSPS) is 14.0. The number of hydrogen-bond donors (Lipinski definition) is 1. The van der Waals surface area contributed by atoms with E-state index in [0.717, 1.165) is 0 Å². The molecule has 2 aromatic rings. The molecule has 8 heteroatoms. The number of anilines is 1. The third-order valence-corrected chi connectivity index (χ3v) is 3.96. The SMILES string of the molecule is O=C(N=Cc1ncccc1O)C1=CN(c2c(Cl)cccc2Cl)CC=N1. The Balaban J connectivity index is 1.84. The van der Waals surface area contributed by atoms with Gasteiger partial charge in [0.2, 0.25) is 0 Å². The molecule has 0 radical (unpaired) electrons. The maximum atomic E-state index is 12.2. The van der Waals surface area contributed by atoms with Gasteiger partial charge in [-0.1, -0.05) is 29.3 Å². The summed E-state index contributed by atoms with van der Waals surface area (Å²) >= 11 is 12.4. The van der Waals surface area contributed by atoms with Crippen LogP contribution < -0.4 is 4.90 Å². The van der Waals surface area contributed by atoms with Crippen LogP contribution in [0.1, 0.15) is 5.69 Å². The molecule has 1 aromatic heterocycles.